The second-order valence-electron chi connectivity index (χ2n) is 9.99. The average molecular weight is 321 g/mol. The molecule has 0 nitrogen and oxygen atoms in total. The Bertz CT molecular complexity index is 359. The largest absolute Gasteiger partial charge is 0.0654 e. The van der Waals surface area contributed by atoms with Crippen LogP contribution in [0.2, 0.25) is 0 Å². The summed E-state index contributed by atoms with van der Waals surface area (Å²) in [6.45, 7) is 17.3. The lowest BCUT2D eigenvalue weighted by molar-refractivity contribution is 0.245. The predicted octanol–water partition coefficient (Wildman–Crippen LogP) is 7.57. The molecule has 0 saturated heterocycles. The van der Waals surface area contributed by atoms with Crippen molar-refractivity contribution in [2.75, 3.05) is 0 Å². The number of unbranched alkanes of at least 4 members (excludes halogenated alkanes) is 1. The van der Waals surface area contributed by atoms with E-state index in [4.69, 9.17) is 0 Å². The predicted molar refractivity (Wildman–Crippen MR) is 104 cm³/mol. The van der Waals surface area contributed by atoms with E-state index >= 15 is 0 Å². The molecule has 2 rings (SSSR count). The van der Waals surface area contributed by atoms with E-state index in [1.807, 2.05) is 0 Å². The Morgan fingerprint density at radius 2 is 1.35 bits per heavy atom. The zero-order chi connectivity index (χ0) is 17.2. The Morgan fingerprint density at radius 1 is 0.826 bits per heavy atom. The van der Waals surface area contributed by atoms with Gasteiger partial charge in [0.05, 0.1) is 0 Å². The van der Waals surface area contributed by atoms with Crippen molar-refractivity contribution in [2.24, 2.45) is 46.8 Å². The van der Waals surface area contributed by atoms with Crippen molar-refractivity contribution in [1.29, 1.82) is 0 Å². The van der Waals surface area contributed by atoms with Gasteiger partial charge in [-0.2, -0.15) is 0 Å². The second-order valence-corrected chi connectivity index (χ2v) is 9.99. The van der Waals surface area contributed by atoms with Crippen LogP contribution in [0.25, 0.3) is 0 Å². The summed E-state index contributed by atoms with van der Waals surface area (Å²) in [4.78, 5) is 0. The van der Waals surface area contributed by atoms with E-state index in [1.165, 1.54) is 38.5 Å². The highest BCUT2D eigenvalue weighted by Crippen LogP contribution is 2.76. The van der Waals surface area contributed by atoms with Gasteiger partial charge < -0.3 is 0 Å². The molecule has 0 heteroatoms. The third-order valence-electron chi connectivity index (χ3n) is 8.15. The lowest BCUT2D eigenvalue weighted by Gasteiger charge is -2.26. The van der Waals surface area contributed by atoms with Gasteiger partial charge in [-0.3, -0.25) is 0 Å². The second kappa shape index (κ2) is 7.92. The third-order valence-corrected chi connectivity index (χ3v) is 8.15. The van der Waals surface area contributed by atoms with E-state index in [9.17, 15) is 0 Å². The standard InChI is InChI=1S/C23H44/c1-8-9-10-16(2)17(3)11-12-18(4)19(5)13-20(6)22-15-23(22)14-21(23)7/h16-22H,8-15H2,1-7H3. The van der Waals surface area contributed by atoms with Crippen LogP contribution in [0.5, 0.6) is 0 Å². The van der Waals surface area contributed by atoms with Gasteiger partial charge in [-0.15, -0.1) is 0 Å². The van der Waals surface area contributed by atoms with E-state index in [-0.39, 0.29) is 0 Å². The van der Waals surface area contributed by atoms with Crippen LogP contribution in [0.15, 0.2) is 0 Å². The first-order valence-corrected chi connectivity index (χ1v) is 10.8. The number of rotatable bonds is 11. The zero-order valence-corrected chi connectivity index (χ0v) is 17.2. The fourth-order valence-electron chi connectivity index (χ4n) is 5.32. The Hall–Kier alpha value is 0. The Labute approximate surface area is 147 Å². The van der Waals surface area contributed by atoms with Crippen molar-refractivity contribution >= 4 is 0 Å². The highest BCUT2D eigenvalue weighted by molar-refractivity contribution is 5.17. The maximum absolute atomic E-state index is 2.54. The third kappa shape index (κ3) is 4.76. The quantitative estimate of drug-likeness (QED) is 0.368. The maximum Gasteiger partial charge on any atom is -0.0235 e. The van der Waals surface area contributed by atoms with E-state index in [2.05, 4.69) is 48.5 Å². The van der Waals surface area contributed by atoms with Gasteiger partial charge in [-0.25, -0.2) is 0 Å². The van der Waals surface area contributed by atoms with Gasteiger partial charge in [0.25, 0.3) is 0 Å². The summed E-state index contributed by atoms with van der Waals surface area (Å²) in [5.74, 6) is 6.75. The van der Waals surface area contributed by atoms with Crippen LogP contribution in [-0.4, -0.2) is 0 Å². The summed E-state index contributed by atoms with van der Waals surface area (Å²) in [5.41, 5.74) is 0.853. The summed E-state index contributed by atoms with van der Waals surface area (Å²) in [7, 11) is 0. The number of hydrogen-bond acceptors (Lipinski definition) is 0. The first-order chi connectivity index (χ1) is 10.8. The molecule has 0 aromatic carbocycles. The topological polar surface area (TPSA) is 0 Å². The molecule has 0 aromatic heterocycles. The first-order valence-electron chi connectivity index (χ1n) is 10.8. The molecule has 0 aliphatic heterocycles. The molecule has 8 unspecified atom stereocenters. The van der Waals surface area contributed by atoms with E-state index < -0.39 is 0 Å². The minimum absolute atomic E-state index is 0.853. The fourth-order valence-corrected chi connectivity index (χ4v) is 5.32. The van der Waals surface area contributed by atoms with Gasteiger partial charge in [-0.1, -0.05) is 80.6 Å². The van der Waals surface area contributed by atoms with Gasteiger partial charge in [0.15, 0.2) is 0 Å². The lowest BCUT2D eigenvalue weighted by atomic mass is 9.79. The van der Waals surface area contributed by atoms with Crippen LogP contribution in [-0.2, 0) is 0 Å². The Morgan fingerprint density at radius 3 is 1.83 bits per heavy atom. The average Bonchev–Trinajstić information content (AvgIpc) is 3.40. The minimum atomic E-state index is 0.853. The summed E-state index contributed by atoms with van der Waals surface area (Å²) in [5, 5.41) is 0. The van der Waals surface area contributed by atoms with Crippen LogP contribution in [0.4, 0.5) is 0 Å². The Balaban J connectivity index is 1.63. The van der Waals surface area contributed by atoms with Gasteiger partial charge in [-0.05, 0) is 66.1 Å². The molecule has 2 aliphatic rings. The molecule has 2 fully saturated rings. The summed E-state index contributed by atoms with van der Waals surface area (Å²) in [6, 6.07) is 0. The van der Waals surface area contributed by atoms with Crippen LogP contribution in [0.3, 0.4) is 0 Å². The van der Waals surface area contributed by atoms with Gasteiger partial charge >= 0.3 is 0 Å². The van der Waals surface area contributed by atoms with Crippen LogP contribution in [0, 0.1) is 46.8 Å². The van der Waals surface area contributed by atoms with Crippen molar-refractivity contribution in [1.82, 2.24) is 0 Å². The molecular formula is C23H44. The first kappa shape index (κ1) is 19.3. The van der Waals surface area contributed by atoms with Crippen LogP contribution < -0.4 is 0 Å². The zero-order valence-electron chi connectivity index (χ0n) is 17.2. The summed E-state index contributed by atoms with van der Waals surface area (Å²) in [6.07, 6.45) is 11.6. The lowest BCUT2D eigenvalue weighted by Crippen LogP contribution is -2.16. The minimum Gasteiger partial charge on any atom is -0.0654 e. The number of hydrogen-bond donors (Lipinski definition) is 0. The van der Waals surface area contributed by atoms with Crippen molar-refractivity contribution in [3.05, 3.63) is 0 Å². The molecule has 2 saturated carbocycles. The van der Waals surface area contributed by atoms with E-state index in [1.54, 1.807) is 12.8 Å². The Kier molecular flexibility index (Phi) is 6.66. The molecule has 0 aromatic rings. The smallest absolute Gasteiger partial charge is 0.0235 e. The van der Waals surface area contributed by atoms with E-state index in [0.29, 0.717) is 0 Å². The van der Waals surface area contributed by atoms with Crippen molar-refractivity contribution in [3.8, 4) is 0 Å². The SMILES string of the molecule is CCCCC(C)C(C)CCC(C)C(C)CC(C)C1CC12CC2C. The molecule has 2 aliphatic carbocycles. The van der Waals surface area contributed by atoms with Crippen LogP contribution >= 0.6 is 0 Å². The summed E-state index contributed by atoms with van der Waals surface area (Å²) >= 11 is 0. The normalized spacial score (nSPS) is 35.6. The molecular weight excluding hydrogens is 276 g/mol. The highest BCUT2D eigenvalue weighted by atomic mass is 14.7. The maximum atomic E-state index is 2.54. The molecule has 136 valence electrons. The molecule has 0 heterocycles. The molecule has 8 atom stereocenters. The van der Waals surface area contributed by atoms with Crippen molar-refractivity contribution in [2.45, 2.75) is 99.8 Å². The van der Waals surface area contributed by atoms with E-state index in [0.717, 1.165) is 46.8 Å². The molecule has 0 N–H and O–H groups in total. The van der Waals surface area contributed by atoms with Crippen LogP contribution in [0.1, 0.15) is 99.8 Å². The monoisotopic (exact) mass is 320 g/mol. The highest BCUT2D eigenvalue weighted by Gasteiger charge is 2.68. The molecule has 1 spiro atoms. The van der Waals surface area contributed by atoms with Gasteiger partial charge in [0, 0.05) is 0 Å². The fraction of sp³-hybridized carbons (Fsp3) is 1.00. The summed E-state index contributed by atoms with van der Waals surface area (Å²) < 4.78 is 0. The molecule has 23 heavy (non-hydrogen) atoms. The molecule has 0 amide bonds. The molecule has 0 bridgehead atoms. The van der Waals surface area contributed by atoms with Gasteiger partial charge in [0.2, 0.25) is 0 Å². The molecule has 0 radical (unpaired) electrons. The van der Waals surface area contributed by atoms with Crippen molar-refractivity contribution in [3.63, 3.8) is 0 Å². The van der Waals surface area contributed by atoms with Gasteiger partial charge in [0.1, 0.15) is 0 Å². The van der Waals surface area contributed by atoms with Crippen molar-refractivity contribution < 1.29 is 0 Å².